The van der Waals surface area contributed by atoms with E-state index in [1.54, 1.807) is 0 Å². The lowest BCUT2D eigenvalue weighted by atomic mass is 9.94. The van der Waals surface area contributed by atoms with Crippen LogP contribution in [0.25, 0.3) is 139 Å². The lowest BCUT2D eigenvalue weighted by Crippen LogP contribution is -2.31. The molecule has 13 aromatic rings. The molecule has 5 heterocycles. The van der Waals surface area contributed by atoms with Crippen molar-refractivity contribution in [3.8, 4) is 50.7 Å². The first-order valence-corrected chi connectivity index (χ1v) is 22.6. The molecule has 0 spiro atoms. The van der Waals surface area contributed by atoms with Crippen LogP contribution in [0.2, 0.25) is 0 Å². The summed E-state index contributed by atoms with van der Waals surface area (Å²) in [5.74, 6) is 0.833. The van der Waals surface area contributed by atoms with Gasteiger partial charge in [0.2, 0.25) is 0 Å². The van der Waals surface area contributed by atoms with Crippen molar-refractivity contribution in [3.63, 3.8) is 0 Å². The summed E-state index contributed by atoms with van der Waals surface area (Å²) in [5, 5.41) is 10.7. The normalized spacial score (nSPS) is 13.0. The average molecular weight is 828 g/mol. The summed E-state index contributed by atoms with van der Waals surface area (Å²) in [6.07, 6.45) is 6.80. The summed E-state index contributed by atoms with van der Waals surface area (Å²) < 4.78 is 7.36. The van der Waals surface area contributed by atoms with Crippen molar-refractivity contribution in [1.82, 2.24) is 23.7 Å². The molecule has 0 radical (unpaired) electrons. The van der Waals surface area contributed by atoms with E-state index in [-0.39, 0.29) is 0 Å². The van der Waals surface area contributed by atoms with Gasteiger partial charge in [-0.05, 0) is 77.9 Å². The van der Waals surface area contributed by atoms with Crippen molar-refractivity contribution in [3.05, 3.63) is 199 Å². The Hall–Kier alpha value is -8.54. The summed E-state index contributed by atoms with van der Waals surface area (Å²) in [5.41, 5.74) is 16.9. The van der Waals surface area contributed by atoms with Crippen molar-refractivity contribution < 1.29 is 0 Å². The lowest BCUT2D eigenvalue weighted by Gasteiger charge is -2.16. The lowest BCUT2D eigenvalue weighted by molar-refractivity contribution is 0.983. The molecule has 1 aliphatic carbocycles. The van der Waals surface area contributed by atoms with Gasteiger partial charge in [-0.3, -0.25) is 4.57 Å². The zero-order valence-corrected chi connectivity index (χ0v) is 35.2. The Morgan fingerprint density at radius 2 is 1.06 bits per heavy atom. The number of para-hydroxylation sites is 4. The standard InChI is InChI=1S/C60H37N5/c1-2-17-37(18-3-1)63-52-30-13-10-24-45(52)56-46(27-15-31-53(56)63)58-60(62-57-38-19-5-4-16-36(38)32-33-49(57)61-58)65-51-29-12-9-23-42(51)47-34-54-48(35-55(47)65)44-26-14-25-43-40-21-7-6-20-39(40)41-22-8-11-28-50(41)64(54)59(43)44/h1-8,10-11,13-35H,9,12H2. The second-order valence-electron chi connectivity index (χ2n) is 17.5. The highest BCUT2D eigenvalue weighted by molar-refractivity contribution is 6.20. The van der Waals surface area contributed by atoms with E-state index < -0.39 is 0 Å². The van der Waals surface area contributed by atoms with Crippen molar-refractivity contribution in [2.24, 2.45) is 0 Å². The predicted molar refractivity (Wildman–Crippen MR) is 270 cm³/mol. The third-order valence-corrected chi connectivity index (χ3v) is 14.2. The number of hydrogen-bond donors (Lipinski definition) is 0. The van der Waals surface area contributed by atoms with Crippen LogP contribution >= 0.6 is 0 Å². The van der Waals surface area contributed by atoms with Crippen LogP contribution in [0.4, 0.5) is 0 Å². The molecule has 9 aromatic carbocycles. The molecular weight excluding hydrogens is 791 g/mol. The van der Waals surface area contributed by atoms with Crippen molar-refractivity contribution in [2.75, 3.05) is 0 Å². The van der Waals surface area contributed by atoms with Crippen LogP contribution in [0.15, 0.2) is 188 Å². The van der Waals surface area contributed by atoms with Gasteiger partial charge in [0.25, 0.3) is 0 Å². The highest BCUT2D eigenvalue weighted by atomic mass is 15.1. The molecule has 5 nitrogen and oxygen atoms in total. The summed E-state index contributed by atoms with van der Waals surface area (Å²) >= 11 is 0. The molecule has 2 aliphatic rings. The first-order valence-electron chi connectivity index (χ1n) is 22.6. The molecule has 0 atom stereocenters. The Balaban J connectivity index is 1.11. The van der Waals surface area contributed by atoms with Gasteiger partial charge in [-0.1, -0.05) is 152 Å². The minimum atomic E-state index is 0.833. The minimum absolute atomic E-state index is 0.833. The van der Waals surface area contributed by atoms with Crippen molar-refractivity contribution in [1.29, 1.82) is 0 Å². The first kappa shape index (κ1) is 35.0. The van der Waals surface area contributed by atoms with Crippen LogP contribution in [0, 0.1) is 0 Å². The zero-order chi connectivity index (χ0) is 42.3. The highest BCUT2D eigenvalue weighted by Crippen LogP contribution is 2.47. The van der Waals surface area contributed by atoms with Crippen molar-refractivity contribution >= 4 is 88.5 Å². The Labute approximate surface area is 372 Å². The van der Waals surface area contributed by atoms with Gasteiger partial charge < -0.3 is 9.13 Å². The number of benzene rings is 9. The molecule has 0 bridgehead atoms. The van der Waals surface area contributed by atoms with Gasteiger partial charge in [-0.2, -0.15) is 0 Å². The third-order valence-electron chi connectivity index (χ3n) is 14.2. The molecule has 5 heteroatoms. The maximum Gasteiger partial charge on any atom is 0.165 e. The van der Waals surface area contributed by atoms with Gasteiger partial charge in [0.1, 0.15) is 5.69 Å². The molecule has 1 aliphatic heterocycles. The monoisotopic (exact) mass is 827 g/mol. The van der Waals surface area contributed by atoms with Gasteiger partial charge in [-0.15, -0.1) is 0 Å². The number of hydrogen-bond acceptors (Lipinski definition) is 2. The van der Waals surface area contributed by atoms with E-state index >= 15 is 0 Å². The quantitative estimate of drug-likeness (QED) is 0.167. The maximum atomic E-state index is 5.84. The fraction of sp³-hybridized carbons (Fsp3) is 0.0333. The summed E-state index contributed by atoms with van der Waals surface area (Å²) in [6.45, 7) is 0. The van der Waals surface area contributed by atoms with E-state index in [0.717, 1.165) is 79.3 Å². The van der Waals surface area contributed by atoms with Gasteiger partial charge in [0.15, 0.2) is 5.82 Å². The van der Waals surface area contributed by atoms with E-state index in [1.807, 2.05) is 0 Å². The van der Waals surface area contributed by atoms with Gasteiger partial charge >= 0.3 is 0 Å². The fourth-order valence-electron chi connectivity index (χ4n) is 11.5. The molecule has 0 saturated heterocycles. The van der Waals surface area contributed by atoms with Crippen LogP contribution in [-0.2, 0) is 0 Å². The number of nitrogens with zero attached hydrogens (tertiary/aromatic N) is 5. The Morgan fingerprint density at radius 1 is 0.400 bits per heavy atom. The fourth-order valence-corrected chi connectivity index (χ4v) is 11.5. The van der Waals surface area contributed by atoms with Gasteiger partial charge in [-0.25, -0.2) is 9.97 Å². The molecule has 4 aromatic heterocycles. The SMILES string of the molecule is C1=c2c(n(-c3nc4c(ccc5ccccc54)nc3-c3cccc4c3c3ccccc3n4-c3ccccc3)c3cc4c5cccc6c5n(c4cc23)-c2ccccc2-c2ccccc2-6)=CCC1. The van der Waals surface area contributed by atoms with E-state index in [1.165, 1.54) is 71.1 Å². The van der Waals surface area contributed by atoms with Crippen molar-refractivity contribution in [2.45, 2.75) is 12.8 Å². The number of aromatic nitrogens is 5. The highest BCUT2D eigenvalue weighted by Gasteiger charge is 2.27. The molecule has 0 N–H and O–H groups in total. The molecule has 0 unspecified atom stereocenters. The molecular formula is C60H37N5. The number of fused-ring (bicyclic) bond motifs is 17. The molecule has 302 valence electrons. The Morgan fingerprint density at radius 3 is 1.97 bits per heavy atom. The molecule has 65 heavy (non-hydrogen) atoms. The molecule has 0 fully saturated rings. The number of rotatable bonds is 3. The smallest absolute Gasteiger partial charge is 0.165 e. The van der Waals surface area contributed by atoms with Crippen LogP contribution < -0.4 is 10.6 Å². The van der Waals surface area contributed by atoms with Crippen LogP contribution in [0.5, 0.6) is 0 Å². The second kappa shape index (κ2) is 13.0. The second-order valence-corrected chi connectivity index (χ2v) is 17.5. The Bertz CT molecular complexity index is 4350. The van der Waals surface area contributed by atoms with Crippen LogP contribution in [0.3, 0.4) is 0 Å². The minimum Gasteiger partial charge on any atom is -0.309 e. The van der Waals surface area contributed by atoms with E-state index in [9.17, 15) is 0 Å². The summed E-state index contributed by atoms with van der Waals surface area (Å²) in [7, 11) is 0. The van der Waals surface area contributed by atoms with E-state index in [0.29, 0.717) is 0 Å². The van der Waals surface area contributed by atoms with Crippen LogP contribution in [0.1, 0.15) is 12.8 Å². The third kappa shape index (κ3) is 4.71. The molecule has 0 saturated carbocycles. The van der Waals surface area contributed by atoms with Gasteiger partial charge in [0, 0.05) is 59.9 Å². The van der Waals surface area contributed by atoms with E-state index in [4.69, 9.17) is 9.97 Å². The van der Waals surface area contributed by atoms with Crippen LogP contribution in [-0.4, -0.2) is 23.7 Å². The maximum absolute atomic E-state index is 5.84. The largest absolute Gasteiger partial charge is 0.309 e. The summed E-state index contributed by atoms with van der Waals surface area (Å²) in [4.78, 5) is 11.6. The summed E-state index contributed by atoms with van der Waals surface area (Å²) in [6, 6.07) is 68.6. The topological polar surface area (TPSA) is 40.6 Å². The molecule has 0 amide bonds. The first-order chi connectivity index (χ1) is 32.3. The van der Waals surface area contributed by atoms with E-state index in [2.05, 4.69) is 214 Å². The van der Waals surface area contributed by atoms with Gasteiger partial charge in [0.05, 0.1) is 49.7 Å². The molecule has 15 rings (SSSR count). The average Bonchev–Trinajstić information content (AvgIpc) is 3.97. The zero-order valence-electron chi connectivity index (χ0n) is 35.2. The predicted octanol–water partition coefficient (Wildman–Crippen LogP) is 13.6. The Kier molecular flexibility index (Phi) is 7.00.